The van der Waals surface area contributed by atoms with Gasteiger partial charge in [-0.05, 0) is 66.9 Å². The highest BCUT2D eigenvalue weighted by Crippen LogP contribution is 2.44. The molecule has 0 fully saturated rings. The molecule has 0 spiro atoms. The third-order valence-electron chi connectivity index (χ3n) is 6.71. The molecule has 0 unspecified atom stereocenters. The van der Waals surface area contributed by atoms with Crippen LogP contribution < -0.4 is 0 Å². The second-order valence-corrected chi connectivity index (χ2v) is 9.97. The maximum Gasteiger partial charge on any atom is 0.238 e. The maximum atomic E-state index is 14.4. The number of nitrogens with zero attached hydrogens (tertiary/aromatic N) is 1. The Bertz CT molecular complexity index is 1350. The summed E-state index contributed by atoms with van der Waals surface area (Å²) in [4.78, 5) is 0. The summed E-state index contributed by atoms with van der Waals surface area (Å²) in [6, 6.07) is 19.7. The minimum Gasteiger partial charge on any atom is -0.312 e. The lowest BCUT2D eigenvalue weighted by Crippen LogP contribution is -2.21. The van der Waals surface area contributed by atoms with E-state index in [0.717, 1.165) is 51.0 Å². The van der Waals surface area contributed by atoms with Gasteiger partial charge in [0.05, 0.1) is 5.52 Å². The molecule has 0 aliphatic heterocycles. The van der Waals surface area contributed by atoms with Gasteiger partial charge < -0.3 is 4.57 Å². The second-order valence-electron chi connectivity index (χ2n) is 9.97. The molecular weight excluding hydrogens is 474 g/mol. The topological polar surface area (TPSA) is 4.93 Å². The standard InChI is InChI=1S/C28H27F2N.C4H8F2/c1-6-28(4,5)27-26(20-9-7-19(8-10-20)18(2)3)24-16-13-22(30)17-25(24)31(27)23-14-11-21(29)12-15-23;1-2-3-4(5)6/h7-17H,2,6H2,1,3-5H3;4H,2-3H2,1H3. The maximum absolute atomic E-state index is 14.4. The highest BCUT2D eigenvalue weighted by Gasteiger charge is 2.30. The van der Waals surface area contributed by atoms with Gasteiger partial charge in [-0.2, -0.15) is 0 Å². The predicted octanol–water partition coefficient (Wildman–Crippen LogP) is 10.3. The minimum absolute atomic E-state index is 0.0417. The Morgan fingerprint density at radius 3 is 1.97 bits per heavy atom. The third kappa shape index (κ3) is 6.33. The normalized spacial score (nSPS) is 11.5. The molecule has 0 bridgehead atoms. The Morgan fingerprint density at radius 2 is 1.49 bits per heavy atom. The summed E-state index contributed by atoms with van der Waals surface area (Å²) in [6.07, 6.45) is -0.586. The van der Waals surface area contributed by atoms with Crippen LogP contribution >= 0.6 is 0 Å². The van der Waals surface area contributed by atoms with E-state index >= 15 is 0 Å². The van der Waals surface area contributed by atoms with Crippen LogP contribution in [0.2, 0.25) is 0 Å². The van der Waals surface area contributed by atoms with Gasteiger partial charge in [-0.15, -0.1) is 0 Å². The summed E-state index contributed by atoms with van der Waals surface area (Å²) >= 11 is 0. The molecule has 0 saturated carbocycles. The van der Waals surface area contributed by atoms with Crippen molar-refractivity contribution >= 4 is 16.5 Å². The molecule has 1 nitrogen and oxygen atoms in total. The van der Waals surface area contributed by atoms with Gasteiger partial charge in [0.2, 0.25) is 6.43 Å². The molecular formula is C32H35F4N. The van der Waals surface area contributed by atoms with Crippen LogP contribution in [0, 0.1) is 11.6 Å². The van der Waals surface area contributed by atoms with Crippen LogP contribution in [0.5, 0.6) is 0 Å². The first-order valence-electron chi connectivity index (χ1n) is 12.6. The lowest BCUT2D eigenvalue weighted by Gasteiger charge is -2.28. The molecule has 3 aromatic carbocycles. The van der Waals surface area contributed by atoms with Crippen molar-refractivity contribution in [2.75, 3.05) is 0 Å². The molecule has 0 aliphatic rings. The number of rotatable bonds is 7. The van der Waals surface area contributed by atoms with E-state index in [-0.39, 0.29) is 23.5 Å². The van der Waals surface area contributed by atoms with Gasteiger partial charge in [0.1, 0.15) is 11.6 Å². The van der Waals surface area contributed by atoms with Gasteiger partial charge in [0.25, 0.3) is 0 Å². The van der Waals surface area contributed by atoms with E-state index in [9.17, 15) is 17.6 Å². The average Bonchev–Trinajstić information content (AvgIpc) is 3.20. The first-order chi connectivity index (χ1) is 17.5. The Kier molecular flexibility index (Phi) is 9.01. The van der Waals surface area contributed by atoms with Crippen molar-refractivity contribution in [3.63, 3.8) is 0 Å². The van der Waals surface area contributed by atoms with Crippen molar-refractivity contribution in [2.24, 2.45) is 0 Å². The van der Waals surface area contributed by atoms with Crippen molar-refractivity contribution in [3.8, 4) is 16.8 Å². The van der Waals surface area contributed by atoms with Crippen LogP contribution in [0.15, 0.2) is 73.3 Å². The molecule has 0 N–H and O–H groups in total. The zero-order chi connectivity index (χ0) is 27.3. The summed E-state index contributed by atoms with van der Waals surface area (Å²) in [5, 5.41) is 0.977. The SMILES string of the molecule is C=C(C)c1ccc(-c2c(C(C)(C)CC)n(-c3ccc(F)cc3)c3cc(F)ccc23)cc1.CCCC(F)F. The number of aromatic nitrogens is 1. The quantitative estimate of drug-likeness (QED) is 0.218. The Hall–Kier alpha value is -3.34. The van der Waals surface area contributed by atoms with Gasteiger partial charge in [-0.25, -0.2) is 17.6 Å². The predicted molar refractivity (Wildman–Crippen MR) is 148 cm³/mol. The van der Waals surface area contributed by atoms with Gasteiger partial charge in [-0.1, -0.05) is 70.5 Å². The van der Waals surface area contributed by atoms with Gasteiger partial charge in [-0.3, -0.25) is 0 Å². The molecule has 0 aliphatic carbocycles. The number of halogens is 4. The fourth-order valence-corrected chi connectivity index (χ4v) is 4.36. The van der Waals surface area contributed by atoms with Crippen LogP contribution in [0.4, 0.5) is 17.6 Å². The highest BCUT2D eigenvalue weighted by atomic mass is 19.3. The van der Waals surface area contributed by atoms with Crippen molar-refractivity contribution in [2.45, 2.75) is 65.7 Å². The lowest BCUT2D eigenvalue weighted by molar-refractivity contribution is 0.136. The molecule has 4 rings (SSSR count). The van der Waals surface area contributed by atoms with Gasteiger partial charge in [0, 0.05) is 34.2 Å². The molecule has 0 saturated heterocycles. The molecule has 1 aromatic heterocycles. The molecule has 37 heavy (non-hydrogen) atoms. The molecule has 1 heterocycles. The van der Waals surface area contributed by atoms with Crippen LogP contribution in [-0.2, 0) is 5.41 Å². The largest absolute Gasteiger partial charge is 0.312 e. The summed E-state index contributed by atoms with van der Waals surface area (Å²) in [5.74, 6) is -0.586. The van der Waals surface area contributed by atoms with Crippen molar-refractivity contribution in [3.05, 3.63) is 96.2 Å². The zero-order valence-corrected chi connectivity index (χ0v) is 22.2. The summed E-state index contributed by atoms with van der Waals surface area (Å²) in [5.41, 5.74) is 6.74. The van der Waals surface area contributed by atoms with Gasteiger partial charge in [0.15, 0.2) is 0 Å². The first kappa shape index (κ1) is 28.2. The van der Waals surface area contributed by atoms with Crippen LogP contribution in [0.3, 0.4) is 0 Å². The van der Waals surface area contributed by atoms with Gasteiger partial charge >= 0.3 is 0 Å². The molecule has 0 atom stereocenters. The number of fused-ring (bicyclic) bond motifs is 1. The van der Waals surface area contributed by atoms with E-state index in [1.54, 1.807) is 25.1 Å². The van der Waals surface area contributed by atoms with E-state index in [4.69, 9.17) is 0 Å². The average molecular weight is 510 g/mol. The number of hydrogen-bond acceptors (Lipinski definition) is 0. The summed E-state index contributed by atoms with van der Waals surface area (Å²) in [7, 11) is 0. The third-order valence-corrected chi connectivity index (χ3v) is 6.71. The van der Waals surface area contributed by atoms with Crippen LogP contribution in [0.25, 0.3) is 33.3 Å². The molecule has 4 aromatic rings. The number of benzene rings is 3. The highest BCUT2D eigenvalue weighted by molar-refractivity contribution is 6.00. The fourth-order valence-electron chi connectivity index (χ4n) is 4.36. The first-order valence-corrected chi connectivity index (χ1v) is 12.6. The van der Waals surface area contributed by atoms with E-state index in [1.165, 1.54) is 18.2 Å². The molecule has 5 heteroatoms. The van der Waals surface area contributed by atoms with E-state index < -0.39 is 6.43 Å². The van der Waals surface area contributed by atoms with Crippen molar-refractivity contribution < 1.29 is 17.6 Å². The molecule has 196 valence electrons. The fraction of sp³-hybridized carbons (Fsp3) is 0.312. The molecule has 0 amide bonds. The Labute approximate surface area is 217 Å². The van der Waals surface area contributed by atoms with E-state index in [1.807, 2.05) is 13.0 Å². The van der Waals surface area contributed by atoms with E-state index in [2.05, 4.69) is 56.2 Å². The Morgan fingerprint density at radius 1 is 0.892 bits per heavy atom. The van der Waals surface area contributed by atoms with E-state index in [0.29, 0.717) is 6.42 Å². The monoisotopic (exact) mass is 509 g/mol. The number of hydrogen-bond donors (Lipinski definition) is 0. The smallest absolute Gasteiger partial charge is 0.238 e. The van der Waals surface area contributed by atoms with Crippen LogP contribution in [0.1, 0.15) is 65.1 Å². The zero-order valence-electron chi connectivity index (χ0n) is 22.2. The van der Waals surface area contributed by atoms with Crippen molar-refractivity contribution in [1.82, 2.24) is 4.57 Å². The summed E-state index contributed by atoms with van der Waals surface area (Å²) < 4.78 is 52.2. The van der Waals surface area contributed by atoms with Crippen LogP contribution in [-0.4, -0.2) is 11.0 Å². The number of alkyl halides is 2. The summed E-state index contributed by atoms with van der Waals surface area (Å²) in [6.45, 7) is 14.3. The molecule has 0 radical (unpaired) electrons. The second kappa shape index (κ2) is 11.8. The minimum atomic E-state index is -2.10. The lowest BCUT2D eigenvalue weighted by atomic mass is 9.82. The van der Waals surface area contributed by atoms with Crippen molar-refractivity contribution in [1.29, 1.82) is 0 Å². The number of allylic oxidation sites excluding steroid dienone is 1. The Balaban J connectivity index is 0.000000568.